The number of aromatic nitrogens is 2. The molecule has 0 aliphatic heterocycles. The van der Waals surface area contributed by atoms with Crippen LogP contribution in [0.2, 0.25) is 0 Å². The first kappa shape index (κ1) is 10.2. The molecule has 2 aromatic rings. The monoisotopic (exact) mass is 217 g/mol. The van der Waals surface area contributed by atoms with Gasteiger partial charge in [0.1, 0.15) is 6.61 Å². The smallest absolute Gasteiger partial charge is 0.428 e. The summed E-state index contributed by atoms with van der Waals surface area (Å²) < 4.78 is 4.99. The van der Waals surface area contributed by atoms with Gasteiger partial charge >= 0.3 is 6.09 Å². The van der Waals surface area contributed by atoms with Crippen molar-refractivity contribution in [2.75, 3.05) is 5.43 Å². The summed E-state index contributed by atoms with van der Waals surface area (Å²) in [6.07, 6.45) is 2.65. The first-order valence-electron chi connectivity index (χ1n) is 4.82. The Balaban J connectivity index is 1.80. The van der Waals surface area contributed by atoms with Gasteiger partial charge in [-0.15, -0.1) is 0 Å². The summed E-state index contributed by atoms with van der Waals surface area (Å²) in [7, 11) is 0. The average molecular weight is 217 g/mol. The van der Waals surface area contributed by atoms with Crippen molar-refractivity contribution in [3.63, 3.8) is 0 Å². The van der Waals surface area contributed by atoms with E-state index >= 15 is 0 Å². The lowest BCUT2D eigenvalue weighted by molar-refractivity contribution is 0.151. The fourth-order valence-corrected chi connectivity index (χ4v) is 1.18. The third kappa shape index (κ3) is 2.84. The molecular formula is C11H11N3O2. The fraction of sp³-hybridized carbons (Fsp3) is 0.0909. The van der Waals surface area contributed by atoms with Gasteiger partial charge in [0.2, 0.25) is 0 Å². The highest BCUT2D eigenvalue weighted by molar-refractivity contribution is 5.75. The van der Waals surface area contributed by atoms with Crippen molar-refractivity contribution in [1.82, 2.24) is 9.89 Å². The molecule has 16 heavy (non-hydrogen) atoms. The number of rotatable bonds is 3. The lowest BCUT2D eigenvalue weighted by atomic mass is 10.2. The SMILES string of the molecule is O=C(Nn1cccn1)OCc1ccccc1. The van der Waals surface area contributed by atoms with Crippen molar-refractivity contribution in [3.05, 3.63) is 54.4 Å². The summed E-state index contributed by atoms with van der Waals surface area (Å²) in [6, 6.07) is 11.2. The lowest BCUT2D eigenvalue weighted by Gasteiger charge is -2.06. The van der Waals surface area contributed by atoms with Crippen LogP contribution in [0.1, 0.15) is 5.56 Å². The molecule has 0 saturated heterocycles. The molecule has 1 heterocycles. The predicted octanol–water partition coefficient (Wildman–Crippen LogP) is 1.76. The van der Waals surface area contributed by atoms with E-state index in [1.165, 1.54) is 4.79 Å². The van der Waals surface area contributed by atoms with Crippen LogP contribution in [0.25, 0.3) is 0 Å². The number of amides is 1. The molecule has 1 aromatic heterocycles. The second kappa shape index (κ2) is 4.97. The highest BCUT2D eigenvalue weighted by Crippen LogP contribution is 2.00. The third-order valence-electron chi connectivity index (χ3n) is 1.92. The highest BCUT2D eigenvalue weighted by atomic mass is 16.6. The van der Waals surface area contributed by atoms with E-state index in [1.54, 1.807) is 18.5 Å². The van der Waals surface area contributed by atoms with E-state index < -0.39 is 6.09 Å². The van der Waals surface area contributed by atoms with Gasteiger partial charge in [-0.3, -0.25) is 0 Å². The number of ether oxygens (including phenoxy) is 1. The van der Waals surface area contributed by atoms with Gasteiger partial charge in [0.25, 0.3) is 0 Å². The molecule has 1 N–H and O–H groups in total. The molecule has 0 atom stereocenters. The van der Waals surface area contributed by atoms with Crippen molar-refractivity contribution >= 4 is 6.09 Å². The number of carbonyl (C=O) groups is 1. The molecule has 0 spiro atoms. The van der Waals surface area contributed by atoms with Crippen molar-refractivity contribution in [2.45, 2.75) is 6.61 Å². The Morgan fingerprint density at radius 2 is 2.12 bits per heavy atom. The largest absolute Gasteiger partial charge is 0.443 e. The molecule has 0 unspecified atom stereocenters. The molecule has 1 aromatic carbocycles. The molecule has 0 saturated carbocycles. The van der Waals surface area contributed by atoms with E-state index in [-0.39, 0.29) is 6.61 Å². The fourth-order valence-electron chi connectivity index (χ4n) is 1.18. The van der Waals surface area contributed by atoms with Gasteiger partial charge in [-0.05, 0) is 11.6 Å². The van der Waals surface area contributed by atoms with Crippen LogP contribution in [-0.4, -0.2) is 16.0 Å². The zero-order valence-electron chi connectivity index (χ0n) is 8.54. The predicted molar refractivity (Wildman–Crippen MR) is 58.2 cm³/mol. The summed E-state index contributed by atoms with van der Waals surface area (Å²) in [6.45, 7) is 0.244. The number of carbonyl (C=O) groups excluding carboxylic acids is 1. The van der Waals surface area contributed by atoms with Gasteiger partial charge in [0, 0.05) is 6.20 Å². The first-order valence-corrected chi connectivity index (χ1v) is 4.82. The van der Waals surface area contributed by atoms with Gasteiger partial charge in [-0.2, -0.15) is 9.89 Å². The number of benzene rings is 1. The van der Waals surface area contributed by atoms with E-state index in [4.69, 9.17) is 4.74 Å². The number of nitrogens with one attached hydrogen (secondary N) is 1. The molecule has 0 bridgehead atoms. The molecule has 5 heteroatoms. The maximum atomic E-state index is 11.3. The zero-order chi connectivity index (χ0) is 11.2. The van der Waals surface area contributed by atoms with Gasteiger partial charge in [0.15, 0.2) is 0 Å². The average Bonchev–Trinajstić information content (AvgIpc) is 2.81. The standard InChI is InChI=1S/C11H11N3O2/c15-11(13-14-8-4-7-12-14)16-9-10-5-2-1-3-6-10/h1-8H,9H2,(H,13,15). The Hall–Kier alpha value is -2.30. The minimum absolute atomic E-state index is 0.244. The molecular weight excluding hydrogens is 206 g/mol. The normalized spacial score (nSPS) is 9.75. The molecule has 0 aliphatic carbocycles. The van der Waals surface area contributed by atoms with Crippen molar-refractivity contribution in [1.29, 1.82) is 0 Å². The summed E-state index contributed by atoms with van der Waals surface area (Å²) >= 11 is 0. The quantitative estimate of drug-likeness (QED) is 0.852. The van der Waals surface area contributed by atoms with E-state index in [0.29, 0.717) is 0 Å². The summed E-state index contributed by atoms with van der Waals surface area (Å²) in [5.41, 5.74) is 3.38. The van der Waals surface area contributed by atoms with Crippen LogP contribution < -0.4 is 5.43 Å². The zero-order valence-corrected chi connectivity index (χ0v) is 8.54. The van der Waals surface area contributed by atoms with E-state index in [2.05, 4.69) is 10.5 Å². The summed E-state index contributed by atoms with van der Waals surface area (Å²) in [4.78, 5) is 12.6. The van der Waals surface area contributed by atoms with Crippen LogP contribution >= 0.6 is 0 Å². The van der Waals surface area contributed by atoms with Crippen LogP contribution in [0.5, 0.6) is 0 Å². The first-order chi connectivity index (χ1) is 7.84. The maximum Gasteiger partial charge on any atom is 0.428 e. The number of hydrogen-bond acceptors (Lipinski definition) is 3. The van der Waals surface area contributed by atoms with Gasteiger partial charge < -0.3 is 4.74 Å². The number of nitrogens with zero attached hydrogens (tertiary/aromatic N) is 2. The Bertz CT molecular complexity index is 440. The molecule has 2 rings (SSSR count). The van der Waals surface area contributed by atoms with E-state index in [0.717, 1.165) is 5.56 Å². The van der Waals surface area contributed by atoms with E-state index in [1.807, 2.05) is 30.3 Å². The molecule has 5 nitrogen and oxygen atoms in total. The second-order valence-corrected chi connectivity index (χ2v) is 3.12. The molecule has 0 radical (unpaired) electrons. The van der Waals surface area contributed by atoms with Crippen LogP contribution in [0.3, 0.4) is 0 Å². The Labute approximate surface area is 92.6 Å². The van der Waals surface area contributed by atoms with Crippen LogP contribution in [0.4, 0.5) is 4.79 Å². The van der Waals surface area contributed by atoms with Gasteiger partial charge in [-0.25, -0.2) is 10.2 Å². The minimum atomic E-state index is -0.535. The van der Waals surface area contributed by atoms with Crippen molar-refractivity contribution < 1.29 is 9.53 Å². The lowest BCUT2D eigenvalue weighted by Crippen LogP contribution is -2.23. The highest BCUT2D eigenvalue weighted by Gasteiger charge is 2.02. The Kier molecular flexibility index (Phi) is 3.18. The van der Waals surface area contributed by atoms with Crippen molar-refractivity contribution in [3.8, 4) is 0 Å². The topological polar surface area (TPSA) is 56.2 Å². The van der Waals surface area contributed by atoms with Crippen LogP contribution in [-0.2, 0) is 11.3 Å². The molecule has 1 amide bonds. The van der Waals surface area contributed by atoms with Crippen LogP contribution in [0, 0.1) is 0 Å². The summed E-state index contributed by atoms with van der Waals surface area (Å²) in [5.74, 6) is 0. The Morgan fingerprint density at radius 3 is 2.81 bits per heavy atom. The third-order valence-corrected chi connectivity index (χ3v) is 1.92. The number of hydrogen-bond donors (Lipinski definition) is 1. The summed E-state index contributed by atoms with van der Waals surface area (Å²) in [5, 5.41) is 3.82. The Morgan fingerprint density at radius 1 is 1.31 bits per heavy atom. The second-order valence-electron chi connectivity index (χ2n) is 3.12. The van der Waals surface area contributed by atoms with Gasteiger partial charge in [0.05, 0.1) is 6.20 Å². The van der Waals surface area contributed by atoms with E-state index in [9.17, 15) is 4.79 Å². The molecule has 82 valence electrons. The van der Waals surface area contributed by atoms with Crippen molar-refractivity contribution in [2.24, 2.45) is 0 Å². The van der Waals surface area contributed by atoms with Gasteiger partial charge in [-0.1, -0.05) is 30.3 Å². The molecule has 0 fully saturated rings. The maximum absolute atomic E-state index is 11.3. The minimum Gasteiger partial charge on any atom is -0.443 e. The van der Waals surface area contributed by atoms with Crippen LogP contribution in [0.15, 0.2) is 48.8 Å². The molecule has 0 aliphatic rings.